The summed E-state index contributed by atoms with van der Waals surface area (Å²) in [4.78, 5) is 15.6. The summed E-state index contributed by atoms with van der Waals surface area (Å²) in [5.41, 5.74) is 4.06. The van der Waals surface area contributed by atoms with Crippen molar-refractivity contribution in [2.45, 2.75) is 19.3 Å². The lowest BCUT2D eigenvalue weighted by atomic mass is 10.1. The molecule has 0 aliphatic heterocycles. The van der Waals surface area contributed by atoms with Gasteiger partial charge in [-0.1, -0.05) is 30.4 Å². The van der Waals surface area contributed by atoms with Crippen LogP contribution in [0.15, 0.2) is 54.6 Å². The Hall–Kier alpha value is -2.95. The first-order valence-corrected chi connectivity index (χ1v) is 7.98. The summed E-state index contributed by atoms with van der Waals surface area (Å²) in [7, 11) is 0. The smallest absolute Gasteiger partial charge is 0.335 e. The van der Waals surface area contributed by atoms with Crippen LogP contribution in [0.5, 0.6) is 0 Å². The van der Waals surface area contributed by atoms with Gasteiger partial charge >= 0.3 is 5.97 Å². The number of nitrogens with zero attached hydrogens (tertiary/aromatic N) is 3. The molecule has 0 unspecified atom stereocenters. The van der Waals surface area contributed by atoms with Gasteiger partial charge in [-0.25, -0.2) is 14.3 Å². The Kier molecular flexibility index (Phi) is 3.41. The SMILES string of the molecule is C=C(Cc1nc2cccc(-c3ccc(C(=O)O)cc3)n2n1)C1CC1. The van der Waals surface area contributed by atoms with E-state index in [2.05, 4.69) is 16.7 Å². The second kappa shape index (κ2) is 5.60. The summed E-state index contributed by atoms with van der Waals surface area (Å²) in [6.07, 6.45) is 3.17. The molecule has 120 valence electrons. The molecule has 0 bridgehead atoms. The highest BCUT2D eigenvalue weighted by atomic mass is 16.4. The number of fused-ring (bicyclic) bond motifs is 1. The van der Waals surface area contributed by atoms with Gasteiger partial charge in [0.2, 0.25) is 0 Å². The van der Waals surface area contributed by atoms with Gasteiger partial charge < -0.3 is 5.11 Å². The number of carbonyl (C=O) groups is 1. The molecule has 0 atom stereocenters. The number of allylic oxidation sites excluding steroid dienone is 1. The van der Waals surface area contributed by atoms with Crippen LogP contribution < -0.4 is 0 Å². The largest absolute Gasteiger partial charge is 0.478 e. The Labute approximate surface area is 139 Å². The number of hydrogen-bond acceptors (Lipinski definition) is 3. The van der Waals surface area contributed by atoms with Gasteiger partial charge in [-0.2, -0.15) is 5.10 Å². The lowest BCUT2D eigenvalue weighted by Crippen LogP contribution is -1.98. The number of benzene rings is 1. The van der Waals surface area contributed by atoms with Gasteiger partial charge in [0.05, 0.1) is 11.3 Å². The van der Waals surface area contributed by atoms with E-state index in [4.69, 9.17) is 5.11 Å². The van der Waals surface area contributed by atoms with Gasteiger partial charge in [-0.3, -0.25) is 0 Å². The standard InChI is InChI=1S/C19H17N3O2/c1-12(13-5-6-13)11-17-20-18-4-2-3-16(22(18)21-17)14-7-9-15(10-8-14)19(23)24/h2-4,7-10,13H,1,5-6,11H2,(H,23,24). The molecule has 4 rings (SSSR count). The van der Waals surface area contributed by atoms with Crippen LogP contribution in [0.2, 0.25) is 0 Å². The topological polar surface area (TPSA) is 67.5 Å². The van der Waals surface area contributed by atoms with Crippen LogP contribution in [0, 0.1) is 5.92 Å². The maximum absolute atomic E-state index is 11.0. The van der Waals surface area contributed by atoms with Crippen molar-refractivity contribution in [1.29, 1.82) is 0 Å². The highest BCUT2D eigenvalue weighted by Crippen LogP contribution is 2.36. The van der Waals surface area contributed by atoms with Crippen molar-refractivity contribution >= 4 is 11.6 Å². The highest BCUT2D eigenvalue weighted by molar-refractivity contribution is 5.88. The van der Waals surface area contributed by atoms with Gasteiger partial charge in [0.15, 0.2) is 11.5 Å². The van der Waals surface area contributed by atoms with Crippen LogP contribution in [0.1, 0.15) is 29.0 Å². The third kappa shape index (κ3) is 2.69. The molecule has 1 N–H and O–H groups in total. The van der Waals surface area contributed by atoms with Gasteiger partial charge in [-0.05, 0) is 43.0 Å². The fourth-order valence-electron chi connectivity index (χ4n) is 2.87. The van der Waals surface area contributed by atoms with Crippen LogP contribution in [0.25, 0.3) is 16.9 Å². The molecule has 1 fully saturated rings. The molecule has 1 aliphatic carbocycles. The maximum Gasteiger partial charge on any atom is 0.335 e. The summed E-state index contributed by atoms with van der Waals surface area (Å²) in [5.74, 6) is 0.488. The fourth-order valence-corrected chi connectivity index (χ4v) is 2.87. The second-order valence-electron chi connectivity index (χ2n) is 6.20. The molecule has 2 heterocycles. The molecule has 0 spiro atoms. The van der Waals surface area contributed by atoms with Gasteiger partial charge in [0.25, 0.3) is 0 Å². The zero-order valence-corrected chi connectivity index (χ0v) is 13.1. The summed E-state index contributed by atoms with van der Waals surface area (Å²) in [6, 6.07) is 12.6. The fraction of sp³-hybridized carbons (Fsp3) is 0.211. The number of carboxylic acid groups (broad SMARTS) is 1. The summed E-state index contributed by atoms with van der Waals surface area (Å²) in [5, 5.41) is 13.6. The molecular weight excluding hydrogens is 302 g/mol. The Morgan fingerprint density at radius 2 is 1.96 bits per heavy atom. The van der Waals surface area contributed by atoms with Crippen molar-refractivity contribution in [2.75, 3.05) is 0 Å². The summed E-state index contributed by atoms with van der Waals surface area (Å²) < 4.78 is 1.81. The Morgan fingerprint density at radius 3 is 2.62 bits per heavy atom. The summed E-state index contributed by atoms with van der Waals surface area (Å²) >= 11 is 0. The number of pyridine rings is 1. The monoisotopic (exact) mass is 319 g/mol. The van der Waals surface area contributed by atoms with Crippen molar-refractivity contribution in [3.05, 3.63) is 66.0 Å². The number of hydrogen-bond donors (Lipinski definition) is 1. The number of carboxylic acids is 1. The van der Waals surface area contributed by atoms with E-state index >= 15 is 0 Å². The summed E-state index contributed by atoms with van der Waals surface area (Å²) in [6.45, 7) is 4.14. The molecule has 3 aromatic rings. The number of aromatic carboxylic acids is 1. The minimum atomic E-state index is -0.929. The van der Waals surface area contributed by atoms with Crippen molar-refractivity contribution in [3.8, 4) is 11.3 Å². The van der Waals surface area contributed by atoms with Gasteiger partial charge in [0, 0.05) is 12.0 Å². The first kappa shape index (κ1) is 14.6. The predicted octanol–water partition coefficient (Wildman–Crippen LogP) is 3.60. The minimum absolute atomic E-state index is 0.269. The van der Waals surface area contributed by atoms with Gasteiger partial charge in [-0.15, -0.1) is 0 Å². The molecule has 24 heavy (non-hydrogen) atoms. The van der Waals surface area contributed by atoms with E-state index in [1.165, 1.54) is 18.4 Å². The van der Waals surface area contributed by atoms with Crippen molar-refractivity contribution in [3.63, 3.8) is 0 Å². The zero-order chi connectivity index (χ0) is 16.7. The minimum Gasteiger partial charge on any atom is -0.478 e. The van der Waals surface area contributed by atoms with E-state index in [0.717, 1.165) is 22.7 Å². The molecule has 5 nitrogen and oxygen atoms in total. The van der Waals surface area contributed by atoms with Crippen LogP contribution >= 0.6 is 0 Å². The molecular formula is C19H17N3O2. The van der Waals surface area contributed by atoms with E-state index < -0.39 is 5.97 Å². The van der Waals surface area contributed by atoms with E-state index in [9.17, 15) is 4.79 Å². The first-order valence-electron chi connectivity index (χ1n) is 7.98. The molecule has 0 saturated heterocycles. The van der Waals surface area contributed by atoms with Crippen molar-refractivity contribution in [1.82, 2.24) is 14.6 Å². The second-order valence-corrected chi connectivity index (χ2v) is 6.20. The van der Waals surface area contributed by atoms with E-state index in [0.29, 0.717) is 12.3 Å². The highest BCUT2D eigenvalue weighted by Gasteiger charge is 2.25. The molecule has 0 amide bonds. The Bertz CT molecular complexity index is 937. The quantitative estimate of drug-likeness (QED) is 0.730. The average Bonchev–Trinajstić information content (AvgIpc) is 3.35. The van der Waals surface area contributed by atoms with Gasteiger partial charge in [0.1, 0.15) is 0 Å². The molecule has 1 aliphatic rings. The molecule has 1 aromatic carbocycles. The Morgan fingerprint density at radius 1 is 1.21 bits per heavy atom. The van der Waals surface area contributed by atoms with Crippen LogP contribution in [-0.4, -0.2) is 25.7 Å². The molecule has 2 aromatic heterocycles. The molecule has 5 heteroatoms. The maximum atomic E-state index is 11.0. The van der Waals surface area contributed by atoms with E-state index in [1.54, 1.807) is 24.3 Å². The van der Waals surface area contributed by atoms with Crippen LogP contribution in [0.3, 0.4) is 0 Å². The van der Waals surface area contributed by atoms with Crippen LogP contribution in [0.4, 0.5) is 0 Å². The lowest BCUT2D eigenvalue weighted by Gasteiger charge is -2.04. The molecule has 1 saturated carbocycles. The third-order valence-corrected chi connectivity index (χ3v) is 4.37. The van der Waals surface area contributed by atoms with Crippen LogP contribution in [-0.2, 0) is 6.42 Å². The lowest BCUT2D eigenvalue weighted by molar-refractivity contribution is 0.0697. The predicted molar refractivity (Wildman–Crippen MR) is 91.0 cm³/mol. The number of rotatable bonds is 5. The van der Waals surface area contributed by atoms with E-state index in [-0.39, 0.29) is 5.56 Å². The first-order chi connectivity index (χ1) is 11.6. The van der Waals surface area contributed by atoms with Crippen molar-refractivity contribution in [2.24, 2.45) is 5.92 Å². The molecule has 0 radical (unpaired) electrons. The zero-order valence-electron chi connectivity index (χ0n) is 13.1. The normalized spacial score (nSPS) is 14.0. The third-order valence-electron chi connectivity index (χ3n) is 4.37. The average molecular weight is 319 g/mol. The van der Waals surface area contributed by atoms with E-state index in [1.807, 2.05) is 22.7 Å². The van der Waals surface area contributed by atoms with Crippen molar-refractivity contribution < 1.29 is 9.90 Å². The Balaban J connectivity index is 1.70. The number of aromatic nitrogens is 3.